The summed E-state index contributed by atoms with van der Waals surface area (Å²) >= 11 is 0. The number of carbonyl (C=O) groups is 1. The third kappa shape index (κ3) is 3.38. The fraction of sp³-hybridized carbons (Fsp3) is 0.235. The number of nitrogens with one attached hydrogen (secondary N) is 1. The van der Waals surface area contributed by atoms with Gasteiger partial charge in [-0.15, -0.1) is 0 Å². The van der Waals surface area contributed by atoms with Crippen molar-refractivity contribution in [2.45, 2.75) is 19.8 Å². The Morgan fingerprint density at radius 2 is 1.90 bits per heavy atom. The second-order valence-corrected chi connectivity index (χ2v) is 5.04. The number of hydrogen-bond acceptors (Lipinski definition) is 2. The fourth-order valence-corrected chi connectivity index (χ4v) is 2.07. The second-order valence-electron chi connectivity index (χ2n) is 5.04. The Morgan fingerprint density at radius 3 is 2.60 bits per heavy atom. The van der Waals surface area contributed by atoms with Crippen LogP contribution in [-0.4, -0.2) is 17.6 Å². The van der Waals surface area contributed by atoms with Gasteiger partial charge in [0.05, 0.1) is 5.56 Å². The molecule has 20 heavy (non-hydrogen) atoms. The highest BCUT2D eigenvalue weighted by atomic mass is 16.3. The Balaban J connectivity index is 2.00. The van der Waals surface area contributed by atoms with E-state index in [0.717, 1.165) is 5.56 Å². The molecule has 3 heteroatoms. The van der Waals surface area contributed by atoms with Gasteiger partial charge in [-0.2, -0.15) is 0 Å². The van der Waals surface area contributed by atoms with Crippen LogP contribution in [0.15, 0.2) is 48.5 Å². The SMILES string of the molecule is Cc1ccc(O)c(C(=O)NCC(C)c2ccccc2)c1. The third-order valence-corrected chi connectivity index (χ3v) is 3.33. The lowest BCUT2D eigenvalue weighted by atomic mass is 10.0. The molecule has 2 aromatic rings. The Bertz CT molecular complexity index is 593. The molecule has 1 atom stereocenters. The van der Waals surface area contributed by atoms with Crippen LogP contribution in [0.25, 0.3) is 0 Å². The lowest BCUT2D eigenvalue weighted by Gasteiger charge is -2.13. The standard InChI is InChI=1S/C17H19NO2/c1-12-8-9-16(19)15(10-12)17(20)18-11-13(2)14-6-4-3-5-7-14/h3-10,13,19H,11H2,1-2H3,(H,18,20). The molecule has 0 spiro atoms. The zero-order valence-corrected chi connectivity index (χ0v) is 11.8. The average molecular weight is 269 g/mol. The lowest BCUT2D eigenvalue weighted by molar-refractivity contribution is 0.0949. The summed E-state index contributed by atoms with van der Waals surface area (Å²) in [4.78, 5) is 12.1. The van der Waals surface area contributed by atoms with Gasteiger partial charge in [0.15, 0.2) is 0 Å². The van der Waals surface area contributed by atoms with Crippen LogP contribution >= 0.6 is 0 Å². The summed E-state index contributed by atoms with van der Waals surface area (Å²) in [5.41, 5.74) is 2.45. The monoisotopic (exact) mass is 269 g/mol. The van der Waals surface area contributed by atoms with Crippen LogP contribution < -0.4 is 5.32 Å². The quantitative estimate of drug-likeness (QED) is 0.895. The Labute approximate surface area is 119 Å². The van der Waals surface area contributed by atoms with Crippen LogP contribution in [0.1, 0.15) is 34.3 Å². The molecular formula is C17H19NO2. The number of hydrogen-bond donors (Lipinski definition) is 2. The molecule has 2 aromatic carbocycles. The van der Waals surface area contributed by atoms with Gasteiger partial charge in [0.25, 0.3) is 5.91 Å². The normalized spacial score (nSPS) is 11.9. The molecule has 2 rings (SSSR count). The molecule has 0 aliphatic rings. The van der Waals surface area contributed by atoms with Crippen LogP contribution in [-0.2, 0) is 0 Å². The van der Waals surface area contributed by atoms with Crippen molar-refractivity contribution in [3.05, 3.63) is 65.2 Å². The largest absolute Gasteiger partial charge is 0.507 e. The topological polar surface area (TPSA) is 49.3 Å². The molecule has 2 N–H and O–H groups in total. The lowest BCUT2D eigenvalue weighted by Crippen LogP contribution is -2.27. The number of rotatable bonds is 4. The van der Waals surface area contributed by atoms with Crippen molar-refractivity contribution in [3.63, 3.8) is 0 Å². The van der Waals surface area contributed by atoms with E-state index in [9.17, 15) is 9.90 Å². The minimum absolute atomic E-state index is 0.0143. The summed E-state index contributed by atoms with van der Waals surface area (Å²) in [6.45, 7) is 4.49. The van der Waals surface area contributed by atoms with Gasteiger partial charge in [-0.25, -0.2) is 0 Å². The summed E-state index contributed by atoms with van der Waals surface area (Å²) in [7, 11) is 0. The van der Waals surface area contributed by atoms with Crippen molar-refractivity contribution in [2.75, 3.05) is 6.54 Å². The van der Waals surface area contributed by atoms with Crippen LogP contribution in [0.5, 0.6) is 5.75 Å². The van der Waals surface area contributed by atoms with Gasteiger partial charge in [-0.05, 0) is 30.5 Å². The Morgan fingerprint density at radius 1 is 1.20 bits per heavy atom. The molecule has 0 radical (unpaired) electrons. The summed E-state index contributed by atoms with van der Waals surface area (Å²) in [5, 5.41) is 12.6. The summed E-state index contributed by atoms with van der Waals surface area (Å²) < 4.78 is 0. The number of amides is 1. The van der Waals surface area contributed by atoms with Crippen molar-refractivity contribution in [2.24, 2.45) is 0 Å². The maximum Gasteiger partial charge on any atom is 0.255 e. The minimum atomic E-state index is -0.242. The number of phenols is 1. The van der Waals surface area contributed by atoms with Gasteiger partial charge >= 0.3 is 0 Å². The smallest absolute Gasteiger partial charge is 0.255 e. The highest BCUT2D eigenvalue weighted by Crippen LogP contribution is 2.18. The van der Waals surface area contributed by atoms with Gasteiger partial charge < -0.3 is 10.4 Å². The molecule has 104 valence electrons. The number of carbonyl (C=O) groups excluding carboxylic acids is 1. The molecule has 0 aromatic heterocycles. The number of aromatic hydroxyl groups is 1. The van der Waals surface area contributed by atoms with Gasteiger partial charge in [0, 0.05) is 6.54 Å². The van der Waals surface area contributed by atoms with E-state index in [2.05, 4.69) is 12.2 Å². The van der Waals surface area contributed by atoms with Gasteiger partial charge in [0.1, 0.15) is 5.75 Å². The maximum absolute atomic E-state index is 12.1. The molecule has 1 unspecified atom stereocenters. The molecule has 0 fully saturated rings. The summed E-state index contributed by atoms with van der Waals surface area (Å²) in [6.07, 6.45) is 0. The first-order valence-corrected chi connectivity index (χ1v) is 6.70. The van der Waals surface area contributed by atoms with E-state index in [-0.39, 0.29) is 17.6 Å². The van der Waals surface area contributed by atoms with Gasteiger partial charge in [-0.1, -0.05) is 48.9 Å². The van der Waals surface area contributed by atoms with Crippen LogP contribution in [0.4, 0.5) is 0 Å². The highest BCUT2D eigenvalue weighted by Gasteiger charge is 2.12. The van der Waals surface area contributed by atoms with E-state index in [1.54, 1.807) is 18.2 Å². The predicted molar refractivity (Wildman–Crippen MR) is 80.0 cm³/mol. The van der Waals surface area contributed by atoms with E-state index >= 15 is 0 Å². The van der Waals surface area contributed by atoms with Crippen LogP contribution in [0, 0.1) is 6.92 Å². The van der Waals surface area contributed by atoms with Crippen molar-refractivity contribution >= 4 is 5.91 Å². The third-order valence-electron chi connectivity index (χ3n) is 3.33. The Hall–Kier alpha value is -2.29. The Kier molecular flexibility index (Phi) is 4.41. The van der Waals surface area contributed by atoms with E-state index < -0.39 is 0 Å². The number of phenolic OH excluding ortho intramolecular Hbond substituents is 1. The molecular weight excluding hydrogens is 250 g/mol. The first-order chi connectivity index (χ1) is 9.58. The van der Waals surface area contributed by atoms with Gasteiger partial charge in [0.2, 0.25) is 0 Å². The molecule has 0 bridgehead atoms. The van der Waals surface area contributed by atoms with Crippen molar-refractivity contribution in [3.8, 4) is 5.75 Å². The van der Waals surface area contributed by atoms with Crippen LogP contribution in [0.3, 0.4) is 0 Å². The van der Waals surface area contributed by atoms with Crippen molar-refractivity contribution in [1.82, 2.24) is 5.32 Å². The first-order valence-electron chi connectivity index (χ1n) is 6.70. The zero-order valence-electron chi connectivity index (χ0n) is 11.8. The number of benzene rings is 2. The molecule has 0 saturated heterocycles. The molecule has 1 amide bonds. The zero-order chi connectivity index (χ0) is 14.5. The molecule has 0 heterocycles. The van der Waals surface area contributed by atoms with Crippen molar-refractivity contribution < 1.29 is 9.90 Å². The highest BCUT2D eigenvalue weighted by molar-refractivity contribution is 5.97. The van der Waals surface area contributed by atoms with Crippen molar-refractivity contribution in [1.29, 1.82) is 0 Å². The molecule has 0 aliphatic carbocycles. The summed E-state index contributed by atoms with van der Waals surface area (Å²) in [5.74, 6) is 0.00143. The first kappa shape index (κ1) is 14.1. The predicted octanol–water partition coefficient (Wildman–Crippen LogP) is 3.23. The fourth-order valence-electron chi connectivity index (χ4n) is 2.07. The van der Waals surface area contributed by atoms with E-state index in [0.29, 0.717) is 12.1 Å². The maximum atomic E-state index is 12.1. The van der Waals surface area contributed by atoms with E-state index in [4.69, 9.17) is 0 Å². The van der Waals surface area contributed by atoms with Gasteiger partial charge in [-0.3, -0.25) is 4.79 Å². The molecule has 0 aliphatic heterocycles. The summed E-state index contributed by atoms with van der Waals surface area (Å²) in [6, 6.07) is 15.0. The molecule has 3 nitrogen and oxygen atoms in total. The second kappa shape index (κ2) is 6.24. The molecule has 0 saturated carbocycles. The number of aryl methyl sites for hydroxylation is 1. The average Bonchev–Trinajstić information content (AvgIpc) is 2.47. The minimum Gasteiger partial charge on any atom is -0.507 e. The van der Waals surface area contributed by atoms with Crippen LogP contribution in [0.2, 0.25) is 0 Å². The van der Waals surface area contributed by atoms with E-state index in [1.165, 1.54) is 5.56 Å². The van der Waals surface area contributed by atoms with E-state index in [1.807, 2.05) is 37.3 Å².